The summed E-state index contributed by atoms with van der Waals surface area (Å²) >= 11 is 11.6. The summed E-state index contributed by atoms with van der Waals surface area (Å²) in [5.74, 6) is 2.31. The quantitative estimate of drug-likeness (QED) is 0.173. The smallest absolute Gasteiger partial charge is 0.227 e. The number of benzene rings is 3. The fourth-order valence-corrected chi connectivity index (χ4v) is 6.51. The Bertz CT molecular complexity index is 1640. The van der Waals surface area contributed by atoms with Crippen molar-refractivity contribution in [2.45, 2.75) is 51.3 Å². The number of carbonyl (C=O) groups is 1. The number of thioether (sulfide) groups is 1. The number of rotatable bonds is 10. The number of fused-ring (bicyclic) bond motifs is 1. The van der Waals surface area contributed by atoms with Gasteiger partial charge in [0.2, 0.25) is 11.1 Å². The van der Waals surface area contributed by atoms with E-state index in [1.54, 1.807) is 11.6 Å². The molecule has 0 fully saturated rings. The van der Waals surface area contributed by atoms with Crippen molar-refractivity contribution in [1.29, 1.82) is 0 Å². The lowest BCUT2D eigenvalue weighted by atomic mass is 9.93. The van der Waals surface area contributed by atoms with Gasteiger partial charge >= 0.3 is 0 Å². The summed E-state index contributed by atoms with van der Waals surface area (Å²) in [5.41, 5.74) is 5.40. The summed E-state index contributed by atoms with van der Waals surface area (Å²) in [7, 11) is 0. The molecule has 1 atom stereocenters. The van der Waals surface area contributed by atoms with Gasteiger partial charge in [-0.15, -0.1) is 5.10 Å². The molecule has 5 rings (SSSR count). The molecule has 1 aromatic heterocycles. The number of aryl methyl sites for hydroxylation is 1. The van der Waals surface area contributed by atoms with Crippen molar-refractivity contribution < 1.29 is 14.3 Å². The molecule has 7 nitrogen and oxygen atoms in total. The van der Waals surface area contributed by atoms with Crippen molar-refractivity contribution in [3.8, 4) is 11.5 Å². The second-order valence-electron chi connectivity index (χ2n) is 9.71. The summed E-state index contributed by atoms with van der Waals surface area (Å²) < 4.78 is 14.8. The number of halogens is 2. The van der Waals surface area contributed by atoms with E-state index in [4.69, 9.17) is 31.2 Å². The second-order valence-corrected chi connectivity index (χ2v) is 11.9. The van der Waals surface area contributed by atoms with Crippen LogP contribution in [-0.2, 0) is 17.2 Å². The molecule has 0 radical (unpaired) electrons. The lowest BCUT2D eigenvalue weighted by Gasteiger charge is -2.28. The van der Waals surface area contributed by atoms with Gasteiger partial charge in [0.1, 0.15) is 12.6 Å². The largest absolute Gasteiger partial charge is 0.490 e. The maximum atomic E-state index is 13.0. The van der Waals surface area contributed by atoms with E-state index in [2.05, 4.69) is 40.3 Å². The van der Waals surface area contributed by atoms with Gasteiger partial charge < -0.3 is 14.8 Å². The van der Waals surface area contributed by atoms with Crippen LogP contribution in [0, 0.1) is 6.92 Å². The number of aromatic nitrogens is 3. The predicted octanol–water partition coefficient (Wildman–Crippen LogP) is 8.15. The van der Waals surface area contributed by atoms with Crippen LogP contribution in [0.3, 0.4) is 0 Å². The normalized spacial score (nSPS) is 14.4. The third-order valence-corrected chi connectivity index (χ3v) is 8.48. The number of nitrogens with one attached hydrogen (secondary N) is 1. The van der Waals surface area contributed by atoms with Gasteiger partial charge in [0.05, 0.1) is 11.1 Å². The van der Waals surface area contributed by atoms with Crippen molar-refractivity contribution in [2.75, 3.05) is 11.9 Å². The molecular weight excluding hydrogens is 624 g/mol. The van der Waals surface area contributed by atoms with E-state index < -0.39 is 6.04 Å². The molecule has 212 valence electrons. The van der Waals surface area contributed by atoms with Crippen LogP contribution >= 0.6 is 39.3 Å². The molecule has 0 bridgehead atoms. The first-order valence-electron chi connectivity index (χ1n) is 13.2. The third-order valence-electron chi connectivity index (χ3n) is 6.64. The van der Waals surface area contributed by atoms with Crippen LogP contribution in [0.15, 0.2) is 81.6 Å². The van der Waals surface area contributed by atoms with Gasteiger partial charge in [-0.1, -0.05) is 71.4 Å². The average Bonchev–Trinajstić information content (AvgIpc) is 3.33. The molecule has 1 aliphatic heterocycles. The minimum absolute atomic E-state index is 0.0553. The van der Waals surface area contributed by atoms with Crippen molar-refractivity contribution in [2.24, 2.45) is 0 Å². The summed E-state index contributed by atoms with van der Waals surface area (Å²) in [6, 6.07) is 19.3. The van der Waals surface area contributed by atoms with Crippen molar-refractivity contribution in [3.05, 3.63) is 104 Å². The molecule has 0 saturated heterocycles. The summed E-state index contributed by atoms with van der Waals surface area (Å²) in [6.07, 6.45) is 0. The van der Waals surface area contributed by atoms with Crippen molar-refractivity contribution in [3.63, 3.8) is 0 Å². The molecule has 1 unspecified atom stereocenters. The Kier molecular flexibility index (Phi) is 9.06. The topological polar surface area (TPSA) is 78.3 Å². The number of nitrogens with zero attached hydrogens (tertiary/aromatic N) is 3. The van der Waals surface area contributed by atoms with Crippen molar-refractivity contribution >= 4 is 51.0 Å². The highest BCUT2D eigenvalue weighted by Crippen LogP contribution is 2.43. The number of carbonyl (C=O) groups excluding carboxylic acids is 1. The zero-order chi connectivity index (χ0) is 29.1. The molecule has 0 amide bonds. The first-order chi connectivity index (χ1) is 19.7. The lowest BCUT2D eigenvalue weighted by Crippen LogP contribution is -2.28. The Morgan fingerprint density at radius 3 is 2.66 bits per heavy atom. The maximum absolute atomic E-state index is 13.0. The van der Waals surface area contributed by atoms with E-state index in [0.29, 0.717) is 52.2 Å². The molecule has 4 aromatic rings. The molecule has 41 heavy (non-hydrogen) atoms. The van der Waals surface area contributed by atoms with Gasteiger partial charge in [-0.2, -0.15) is 4.98 Å². The Morgan fingerprint density at radius 1 is 1.12 bits per heavy atom. The molecular formula is C31H30BrClN4O3S. The number of Topliss-reactive ketones (excluding diaryl/α,β-unsaturated/α-hetero) is 1. The van der Waals surface area contributed by atoms with Crippen LogP contribution in [-0.4, -0.2) is 27.2 Å². The Balaban J connectivity index is 1.50. The van der Waals surface area contributed by atoms with Crippen LogP contribution in [0.4, 0.5) is 5.95 Å². The van der Waals surface area contributed by atoms with Gasteiger partial charge in [0, 0.05) is 22.0 Å². The van der Waals surface area contributed by atoms with Gasteiger partial charge in [0.15, 0.2) is 17.3 Å². The predicted molar refractivity (Wildman–Crippen MR) is 167 cm³/mol. The highest BCUT2D eigenvalue weighted by atomic mass is 79.9. The van der Waals surface area contributed by atoms with E-state index in [1.807, 2.05) is 62.4 Å². The number of hydrogen-bond acceptors (Lipinski definition) is 7. The Hall–Kier alpha value is -3.27. The fraction of sp³-hybridized carbons (Fsp3) is 0.258. The number of ketones is 1. The molecule has 0 saturated carbocycles. The van der Waals surface area contributed by atoms with Crippen LogP contribution in [0.25, 0.3) is 0 Å². The third kappa shape index (κ3) is 6.47. The number of allylic oxidation sites excluding steroid dienone is 2. The van der Waals surface area contributed by atoms with E-state index in [1.165, 1.54) is 17.3 Å². The van der Waals surface area contributed by atoms with Crippen LogP contribution < -0.4 is 14.8 Å². The standard InChI is InChI=1S/C31H30BrClN4O3S/c1-5-39-26-15-23(14-24(32)29(26)40-16-21-10-8-9-18(2)13-21)28-27(20(4)38)19(3)34-30-35-31(36-37(28)30)41-17-22-11-6-7-12-25(22)33/h6-15,28H,5,16-17H2,1-4H3,(H,34,35,36). The average molecular weight is 654 g/mol. The van der Waals surface area contributed by atoms with Gasteiger partial charge in [0.25, 0.3) is 0 Å². The number of ether oxygens (including phenoxy) is 2. The van der Waals surface area contributed by atoms with Crippen LogP contribution in [0.2, 0.25) is 5.02 Å². The van der Waals surface area contributed by atoms with E-state index in [9.17, 15) is 4.79 Å². The van der Waals surface area contributed by atoms with Crippen molar-refractivity contribution in [1.82, 2.24) is 14.8 Å². The minimum atomic E-state index is -0.507. The molecule has 0 spiro atoms. The number of anilines is 1. The summed E-state index contributed by atoms with van der Waals surface area (Å²) in [6.45, 7) is 8.29. The fourth-order valence-electron chi connectivity index (χ4n) is 4.82. The minimum Gasteiger partial charge on any atom is -0.490 e. The zero-order valence-corrected chi connectivity index (χ0v) is 26.4. The van der Waals surface area contributed by atoms with Crippen LogP contribution in [0.1, 0.15) is 49.1 Å². The SMILES string of the molecule is CCOc1cc(C2C(C(C)=O)=C(C)Nc3nc(SCc4ccccc4Cl)nn32)cc(Br)c1OCc1cccc(C)c1. The van der Waals surface area contributed by atoms with E-state index >= 15 is 0 Å². The Morgan fingerprint density at radius 2 is 1.93 bits per heavy atom. The molecule has 2 heterocycles. The van der Waals surface area contributed by atoms with Gasteiger partial charge in [-0.25, -0.2) is 4.68 Å². The summed E-state index contributed by atoms with van der Waals surface area (Å²) in [4.78, 5) is 17.7. The second kappa shape index (κ2) is 12.7. The summed E-state index contributed by atoms with van der Waals surface area (Å²) in [5, 5.41) is 9.38. The maximum Gasteiger partial charge on any atom is 0.227 e. The number of hydrogen-bond donors (Lipinski definition) is 1. The molecule has 0 aliphatic carbocycles. The highest BCUT2D eigenvalue weighted by Gasteiger charge is 2.34. The van der Waals surface area contributed by atoms with Crippen LogP contribution in [0.5, 0.6) is 11.5 Å². The zero-order valence-electron chi connectivity index (χ0n) is 23.2. The molecule has 3 aromatic carbocycles. The first-order valence-corrected chi connectivity index (χ1v) is 15.4. The monoisotopic (exact) mass is 652 g/mol. The first kappa shape index (κ1) is 29.2. The lowest BCUT2D eigenvalue weighted by molar-refractivity contribution is -0.114. The van der Waals surface area contributed by atoms with E-state index in [-0.39, 0.29) is 5.78 Å². The molecule has 1 N–H and O–H groups in total. The Labute approximate surface area is 257 Å². The molecule has 1 aliphatic rings. The van der Waals surface area contributed by atoms with Gasteiger partial charge in [-0.05, 0) is 78.5 Å². The highest BCUT2D eigenvalue weighted by molar-refractivity contribution is 9.10. The molecule has 10 heteroatoms. The van der Waals surface area contributed by atoms with E-state index in [0.717, 1.165) is 26.9 Å². The van der Waals surface area contributed by atoms with Gasteiger partial charge in [-0.3, -0.25) is 4.79 Å².